The minimum atomic E-state index is 1.04. The molecule has 0 atom stereocenters. The van der Waals surface area contributed by atoms with Gasteiger partial charge >= 0.3 is 0 Å². The molecule has 76 valence electrons. The molecule has 2 heterocycles. The molecule has 1 aliphatic heterocycles. The Morgan fingerprint density at radius 3 is 2.79 bits per heavy atom. The molecule has 0 bridgehead atoms. The van der Waals surface area contributed by atoms with Gasteiger partial charge in [0.25, 0.3) is 0 Å². The zero-order valence-electron chi connectivity index (χ0n) is 8.39. The monoisotopic (exact) mass is 209 g/mol. The third-order valence-electron chi connectivity index (χ3n) is 2.37. The predicted molar refractivity (Wildman–Crippen MR) is 61.0 cm³/mol. The van der Waals surface area contributed by atoms with Gasteiger partial charge in [-0.1, -0.05) is 6.07 Å². The molecule has 1 aromatic rings. The molecule has 1 aliphatic rings. The summed E-state index contributed by atoms with van der Waals surface area (Å²) >= 11 is 1.73. The van der Waals surface area contributed by atoms with E-state index in [2.05, 4.69) is 39.6 Å². The average molecular weight is 209 g/mol. The molecule has 1 aromatic heterocycles. The zero-order valence-corrected chi connectivity index (χ0v) is 9.20. The molecule has 0 aromatic carbocycles. The Labute approximate surface area is 88.6 Å². The van der Waals surface area contributed by atoms with Crippen LogP contribution in [0.1, 0.15) is 4.88 Å². The van der Waals surface area contributed by atoms with E-state index in [0.717, 1.165) is 26.2 Å². The first-order valence-electron chi connectivity index (χ1n) is 4.85. The van der Waals surface area contributed by atoms with E-state index in [0.29, 0.717) is 0 Å². The molecule has 0 N–H and O–H groups in total. The molecule has 0 amide bonds. The van der Waals surface area contributed by atoms with Crippen molar-refractivity contribution in [1.29, 1.82) is 0 Å². The zero-order chi connectivity index (χ0) is 9.80. The number of thiophene rings is 1. The van der Waals surface area contributed by atoms with Crippen LogP contribution in [0.5, 0.6) is 0 Å². The fraction of sp³-hybridized carbons (Fsp3) is 0.500. The fourth-order valence-electron chi connectivity index (χ4n) is 1.41. The van der Waals surface area contributed by atoms with E-state index in [1.54, 1.807) is 11.3 Å². The molecule has 0 aliphatic carbocycles. The van der Waals surface area contributed by atoms with Crippen LogP contribution in [0.3, 0.4) is 0 Å². The Balaban J connectivity index is 1.86. The summed E-state index contributed by atoms with van der Waals surface area (Å²) < 4.78 is 0. The quantitative estimate of drug-likeness (QED) is 0.684. The van der Waals surface area contributed by atoms with Gasteiger partial charge in [0.1, 0.15) is 0 Å². The summed E-state index contributed by atoms with van der Waals surface area (Å²) in [7, 11) is 2.15. The van der Waals surface area contributed by atoms with Crippen molar-refractivity contribution in [3.8, 4) is 0 Å². The van der Waals surface area contributed by atoms with E-state index in [1.165, 1.54) is 4.88 Å². The standard InChI is InChI=1S/C10H15N3S/c1-12-4-6-13(7-5-12)11-9-10-3-2-8-14-10/h2-3,8-9H,4-7H2,1H3. The van der Waals surface area contributed by atoms with Crippen LogP contribution >= 0.6 is 11.3 Å². The Kier molecular flexibility index (Phi) is 3.16. The largest absolute Gasteiger partial charge is 0.303 e. The van der Waals surface area contributed by atoms with Crippen LogP contribution in [0.25, 0.3) is 0 Å². The number of hydrazone groups is 1. The lowest BCUT2D eigenvalue weighted by atomic mass is 10.4. The summed E-state index contributed by atoms with van der Waals surface area (Å²) in [5, 5.41) is 8.67. The minimum Gasteiger partial charge on any atom is -0.303 e. The first-order chi connectivity index (χ1) is 6.84. The Bertz CT molecular complexity index is 286. The Hall–Kier alpha value is -0.870. The lowest BCUT2D eigenvalue weighted by Crippen LogP contribution is -2.41. The van der Waals surface area contributed by atoms with Crippen molar-refractivity contribution in [3.05, 3.63) is 22.4 Å². The van der Waals surface area contributed by atoms with Crippen LogP contribution in [0.2, 0.25) is 0 Å². The summed E-state index contributed by atoms with van der Waals surface area (Å²) in [5.74, 6) is 0. The van der Waals surface area contributed by atoms with Gasteiger partial charge in [0.15, 0.2) is 0 Å². The van der Waals surface area contributed by atoms with Crippen LogP contribution < -0.4 is 0 Å². The summed E-state index contributed by atoms with van der Waals surface area (Å²) in [5.41, 5.74) is 0. The SMILES string of the molecule is CN1CCN(N=Cc2cccs2)CC1. The van der Waals surface area contributed by atoms with Gasteiger partial charge in [-0.25, -0.2) is 0 Å². The van der Waals surface area contributed by atoms with Gasteiger partial charge in [-0.2, -0.15) is 5.10 Å². The van der Waals surface area contributed by atoms with Gasteiger partial charge in [-0.05, 0) is 18.5 Å². The van der Waals surface area contributed by atoms with Gasteiger partial charge < -0.3 is 4.90 Å². The molecule has 0 saturated carbocycles. The van der Waals surface area contributed by atoms with Crippen LogP contribution in [0.15, 0.2) is 22.6 Å². The highest BCUT2D eigenvalue weighted by Crippen LogP contribution is 2.06. The van der Waals surface area contributed by atoms with Crippen LogP contribution in [-0.4, -0.2) is 49.4 Å². The molecule has 14 heavy (non-hydrogen) atoms. The van der Waals surface area contributed by atoms with Gasteiger partial charge in [0.2, 0.25) is 0 Å². The third-order valence-corrected chi connectivity index (χ3v) is 3.18. The number of rotatable bonds is 2. The lowest BCUT2D eigenvalue weighted by molar-refractivity contribution is 0.159. The molecule has 3 nitrogen and oxygen atoms in total. The second-order valence-corrected chi connectivity index (χ2v) is 4.50. The molecule has 2 rings (SSSR count). The maximum atomic E-state index is 4.45. The molecule has 4 heteroatoms. The van der Waals surface area contributed by atoms with Gasteiger partial charge in [-0.15, -0.1) is 11.3 Å². The molecule has 0 unspecified atom stereocenters. The van der Waals surface area contributed by atoms with Gasteiger partial charge in [0.05, 0.1) is 6.21 Å². The summed E-state index contributed by atoms with van der Waals surface area (Å²) in [6, 6.07) is 4.14. The van der Waals surface area contributed by atoms with Crippen molar-refractivity contribution in [3.63, 3.8) is 0 Å². The van der Waals surface area contributed by atoms with Crippen molar-refractivity contribution >= 4 is 17.6 Å². The summed E-state index contributed by atoms with van der Waals surface area (Å²) in [4.78, 5) is 3.56. The maximum absolute atomic E-state index is 4.45. The number of piperazine rings is 1. The Morgan fingerprint density at radius 1 is 1.36 bits per heavy atom. The van der Waals surface area contributed by atoms with Crippen molar-refractivity contribution in [2.45, 2.75) is 0 Å². The van der Waals surface area contributed by atoms with E-state index < -0.39 is 0 Å². The molecule has 1 fully saturated rings. The molecule has 0 spiro atoms. The van der Waals surface area contributed by atoms with Crippen molar-refractivity contribution in [2.24, 2.45) is 5.10 Å². The molecular weight excluding hydrogens is 194 g/mol. The highest BCUT2D eigenvalue weighted by Gasteiger charge is 2.10. The van der Waals surface area contributed by atoms with E-state index in [4.69, 9.17) is 0 Å². The highest BCUT2D eigenvalue weighted by molar-refractivity contribution is 7.11. The Morgan fingerprint density at radius 2 is 2.14 bits per heavy atom. The smallest absolute Gasteiger partial charge is 0.0642 e. The predicted octanol–water partition coefficient (Wildman–Crippen LogP) is 1.33. The van der Waals surface area contributed by atoms with E-state index in [9.17, 15) is 0 Å². The fourth-order valence-corrected chi connectivity index (χ4v) is 1.99. The first kappa shape index (κ1) is 9.68. The number of nitrogens with zero attached hydrogens (tertiary/aromatic N) is 3. The second kappa shape index (κ2) is 4.57. The van der Waals surface area contributed by atoms with Crippen LogP contribution in [-0.2, 0) is 0 Å². The second-order valence-electron chi connectivity index (χ2n) is 3.52. The van der Waals surface area contributed by atoms with E-state index >= 15 is 0 Å². The van der Waals surface area contributed by atoms with Crippen LogP contribution in [0, 0.1) is 0 Å². The van der Waals surface area contributed by atoms with Crippen molar-refractivity contribution in [1.82, 2.24) is 9.91 Å². The summed E-state index contributed by atoms with van der Waals surface area (Å²) in [6.45, 7) is 4.31. The van der Waals surface area contributed by atoms with Crippen LogP contribution in [0.4, 0.5) is 0 Å². The third kappa shape index (κ3) is 2.56. The lowest BCUT2D eigenvalue weighted by Gasteiger charge is -2.30. The van der Waals surface area contributed by atoms with Crippen molar-refractivity contribution in [2.75, 3.05) is 33.2 Å². The average Bonchev–Trinajstić information content (AvgIpc) is 2.70. The summed E-state index contributed by atoms with van der Waals surface area (Å²) in [6.07, 6.45) is 1.95. The highest BCUT2D eigenvalue weighted by atomic mass is 32.1. The number of hydrogen-bond acceptors (Lipinski definition) is 4. The van der Waals surface area contributed by atoms with Crippen molar-refractivity contribution < 1.29 is 0 Å². The number of likely N-dealkylation sites (N-methyl/N-ethyl adjacent to an activating group) is 1. The molecular formula is C10H15N3S. The number of hydrogen-bond donors (Lipinski definition) is 0. The normalized spacial score (nSPS) is 19.4. The topological polar surface area (TPSA) is 18.8 Å². The first-order valence-corrected chi connectivity index (χ1v) is 5.73. The molecule has 0 radical (unpaired) electrons. The van der Waals surface area contributed by atoms with E-state index in [-0.39, 0.29) is 0 Å². The van der Waals surface area contributed by atoms with Gasteiger partial charge in [0, 0.05) is 31.1 Å². The van der Waals surface area contributed by atoms with E-state index in [1.807, 2.05) is 6.21 Å². The molecule has 1 saturated heterocycles. The minimum absolute atomic E-state index is 1.04. The van der Waals surface area contributed by atoms with Gasteiger partial charge in [-0.3, -0.25) is 5.01 Å². The maximum Gasteiger partial charge on any atom is 0.0642 e.